The van der Waals surface area contributed by atoms with Crippen LogP contribution in [0.5, 0.6) is 0 Å². The number of hydrogen-bond acceptors (Lipinski definition) is 2. The maximum Gasteiger partial charge on any atom is 0.157 e. The molecule has 1 aliphatic rings. The lowest BCUT2D eigenvalue weighted by Crippen LogP contribution is -2.11. The summed E-state index contributed by atoms with van der Waals surface area (Å²) in [5.41, 5.74) is 0. The maximum atomic E-state index is 8.95. The van der Waals surface area contributed by atoms with Gasteiger partial charge in [0.25, 0.3) is 0 Å². The highest BCUT2D eigenvalue weighted by molar-refractivity contribution is 4.68. The molecule has 3 atom stereocenters. The molecule has 0 saturated carbocycles. The molecule has 2 nitrogen and oxygen atoms in total. The monoisotopic (exact) mass is 116 g/mol. The molecule has 0 aliphatic carbocycles. The van der Waals surface area contributed by atoms with E-state index in [0.29, 0.717) is 5.92 Å². The smallest absolute Gasteiger partial charge is 0.157 e. The SMILES string of the molecule is C[C@@H]1C[C@H](C)C(O)O1. The second-order valence-electron chi connectivity index (χ2n) is 2.55. The summed E-state index contributed by atoms with van der Waals surface area (Å²) in [6, 6.07) is 0. The molecule has 2 heteroatoms. The van der Waals surface area contributed by atoms with Crippen molar-refractivity contribution >= 4 is 0 Å². The first kappa shape index (κ1) is 6.05. The Labute approximate surface area is 49.5 Å². The molecule has 1 saturated heterocycles. The molecule has 1 unspecified atom stereocenters. The van der Waals surface area contributed by atoms with Crippen molar-refractivity contribution in [3.8, 4) is 0 Å². The van der Waals surface area contributed by atoms with Crippen molar-refractivity contribution in [2.75, 3.05) is 0 Å². The average molecular weight is 116 g/mol. The molecule has 1 rings (SSSR count). The van der Waals surface area contributed by atoms with Gasteiger partial charge in [-0.3, -0.25) is 0 Å². The minimum absolute atomic E-state index is 0.250. The average Bonchev–Trinajstić information content (AvgIpc) is 1.85. The second kappa shape index (κ2) is 2.03. The van der Waals surface area contributed by atoms with E-state index in [1.165, 1.54) is 0 Å². The van der Waals surface area contributed by atoms with E-state index < -0.39 is 6.29 Å². The zero-order valence-corrected chi connectivity index (χ0v) is 5.29. The summed E-state index contributed by atoms with van der Waals surface area (Å²) in [6.07, 6.45) is 0.728. The predicted molar refractivity (Wildman–Crippen MR) is 30.3 cm³/mol. The Morgan fingerprint density at radius 2 is 2.12 bits per heavy atom. The van der Waals surface area contributed by atoms with Crippen LogP contribution in [0.2, 0.25) is 0 Å². The molecule has 0 radical (unpaired) electrons. The van der Waals surface area contributed by atoms with E-state index in [1.807, 2.05) is 13.8 Å². The van der Waals surface area contributed by atoms with Crippen LogP contribution in [0.15, 0.2) is 0 Å². The Morgan fingerprint density at radius 3 is 2.25 bits per heavy atom. The van der Waals surface area contributed by atoms with Crippen molar-refractivity contribution in [1.82, 2.24) is 0 Å². The van der Waals surface area contributed by atoms with Crippen LogP contribution in [0, 0.1) is 5.92 Å². The van der Waals surface area contributed by atoms with Crippen LogP contribution in [-0.2, 0) is 4.74 Å². The highest BCUT2D eigenvalue weighted by atomic mass is 16.6. The maximum absolute atomic E-state index is 8.95. The minimum Gasteiger partial charge on any atom is -0.368 e. The predicted octanol–water partition coefficient (Wildman–Crippen LogP) is 0.750. The van der Waals surface area contributed by atoms with Gasteiger partial charge in [-0.25, -0.2) is 0 Å². The second-order valence-corrected chi connectivity index (χ2v) is 2.55. The van der Waals surface area contributed by atoms with Gasteiger partial charge in [-0.05, 0) is 13.3 Å². The summed E-state index contributed by atoms with van der Waals surface area (Å²) in [5, 5.41) is 8.95. The summed E-state index contributed by atoms with van der Waals surface area (Å²) < 4.78 is 5.03. The van der Waals surface area contributed by atoms with Crippen LogP contribution in [0.1, 0.15) is 20.3 Å². The summed E-state index contributed by atoms with van der Waals surface area (Å²) in [7, 11) is 0. The summed E-state index contributed by atoms with van der Waals surface area (Å²) in [6.45, 7) is 3.97. The number of aliphatic hydroxyl groups is 1. The summed E-state index contributed by atoms with van der Waals surface area (Å²) >= 11 is 0. The number of rotatable bonds is 0. The topological polar surface area (TPSA) is 29.5 Å². The van der Waals surface area contributed by atoms with Gasteiger partial charge in [0.1, 0.15) is 0 Å². The fourth-order valence-electron chi connectivity index (χ4n) is 1.07. The number of hydrogen-bond donors (Lipinski definition) is 1. The van der Waals surface area contributed by atoms with E-state index in [2.05, 4.69) is 0 Å². The molecule has 1 N–H and O–H groups in total. The first-order valence-corrected chi connectivity index (χ1v) is 3.03. The van der Waals surface area contributed by atoms with E-state index in [1.54, 1.807) is 0 Å². The summed E-state index contributed by atoms with van der Waals surface area (Å²) in [4.78, 5) is 0. The van der Waals surface area contributed by atoms with Gasteiger partial charge < -0.3 is 9.84 Å². The molecule has 48 valence electrons. The highest BCUT2D eigenvalue weighted by Crippen LogP contribution is 2.23. The van der Waals surface area contributed by atoms with Gasteiger partial charge in [0.2, 0.25) is 0 Å². The van der Waals surface area contributed by atoms with Crippen LogP contribution in [0.4, 0.5) is 0 Å². The Bertz CT molecular complexity index is 72.6. The van der Waals surface area contributed by atoms with Crippen LogP contribution >= 0.6 is 0 Å². The van der Waals surface area contributed by atoms with Gasteiger partial charge in [0, 0.05) is 5.92 Å². The minimum atomic E-state index is -0.509. The zero-order chi connectivity index (χ0) is 6.15. The van der Waals surface area contributed by atoms with Crippen molar-refractivity contribution < 1.29 is 9.84 Å². The van der Waals surface area contributed by atoms with Gasteiger partial charge >= 0.3 is 0 Å². The summed E-state index contributed by atoms with van der Waals surface area (Å²) in [5.74, 6) is 0.324. The van der Waals surface area contributed by atoms with Crippen molar-refractivity contribution in [3.63, 3.8) is 0 Å². The van der Waals surface area contributed by atoms with Crippen LogP contribution in [0.25, 0.3) is 0 Å². The van der Waals surface area contributed by atoms with E-state index in [-0.39, 0.29) is 6.10 Å². The molecule has 0 aromatic heterocycles. The third kappa shape index (κ3) is 1.01. The van der Waals surface area contributed by atoms with Gasteiger partial charge in [-0.1, -0.05) is 6.92 Å². The number of ether oxygens (including phenoxy) is 1. The molecule has 0 aromatic rings. The Kier molecular flexibility index (Phi) is 1.54. The van der Waals surface area contributed by atoms with Gasteiger partial charge in [-0.15, -0.1) is 0 Å². The first-order valence-electron chi connectivity index (χ1n) is 3.03. The molecule has 0 bridgehead atoms. The van der Waals surface area contributed by atoms with E-state index in [4.69, 9.17) is 9.84 Å². The third-order valence-corrected chi connectivity index (χ3v) is 1.56. The molecular weight excluding hydrogens is 104 g/mol. The van der Waals surface area contributed by atoms with Crippen LogP contribution < -0.4 is 0 Å². The van der Waals surface area contributed by atoms with Gasteiger partial charge in [-0.2, -0.15) is 0 Å². The third-order valence-electron chi connectivity index (χ3n) is 1.56. The molecule has 0 aromatic carbocycles. The Morgan fingerprint density at radius 1 is 1.50 bits per heavy atom. The van der Waals surface area contributed by atoms with Gasteiger partial charge in [0.05, 0.1) is 6.10 Å². The highest BCUT2D eigenvalue weighted by Gasteiger charge is 2.26. The van der Waals surface area contributed by atoms with Crippen molar-refractivity contribution in [3.05, 3.63) is 0 Å². The molecule has 1 heterocycles. The van der Waals surface area contributed by atoms with Crippen molar-refractivity contribution in [1.29, 1.82) is 0 Å². The molecular formula is C6H12O2. The molecule has 1 aliphatic heterocycles. The lowest BCUT2D eigenvalue weighted by Gasteiger charge is -2.04. The van der Waals surface area contributed by atoms with Gasteiger partial charge in [0.15, 0.2) is 6.29 Å². The first-order chi connectivity index (χ1) is 3.70. The molecule has 8 heavy (non-hydrogen) atoms. The molecule has 0 spiro atoms. The van der Waals surface area contributed by atoms with E-state index in [0.717, 1.165) is 6.42 Å². The fraction of sp³-hybridized carbons (Fsp3) is 1.00. The normalized spacial score (nSPS) is 47.6. The largest absolute Gasteiger partial charge is 0.368 e. The van der Waals surface area contributed by atoms with E-state index in [9.17, 15) is 0 Å². The lowest BCUT2D eigenvalue weighted by molar-refractivity contribution is -0.101. The zero-order valence-electron chi connectivity index (χ0n) is 5.29. The Hall–Kier alpha value is -0.0800. The van der Waals surface area contributed by atoms with Crippen LogP contribution in [0.3, 0.4) is 0 Å². The van der Waals surface area contributed by atoms with Crippen molar-refractivity contribution in [2.45, 2.75) is 32.7 Å². The lowest BCUT2D eigenvalue weighted by atomic mass is 10.1. The molecule has 0 amide bonds. The van der Waals surface area contributed by atoms with Crippen LogP contribution in [-0.4, -0.2) is 17.5 Å². The standard InChI is InChI=1S/C6H12O2/c1-4-3-5(2)8-6(4)7/h4-7H,3H2,1-2H3/t4-,5+,6?/m0/s1. The fourth-order valence-corrected chi connectivity index (χ4v) is 1.07. The van der Waals surface area contributed by atoms with E-state index >= 15 is 0 Å². The number of aliphatic hydroxyl groups excluding tert-OH is 1. The quantitative estimate of drug-likeness (QED) is 0.506. The molecule has 1 fully saturated rings. The van der Waals surface area contributed by atoms with Crippen molar-refractivity contribution in [2.24, 2.45) is 5.92 Å². The Balaban J connectivity index is 2.39.